The molecular weight excluding hydrogens is 462 g/mol. The van der Waals surface area contributed by atoms with Gasteiger partial charge in [-0.05, 0) is 64.0 Å². The van der Waals surface area contributed by atoms with Crippen LogP contribution >= 0.6 is 0 Å². The van der Waals surface area contributed by atoms with Crippen LogP contribution in [0.4, 0.5) is 0 Å². The van der Waals surface area contributed by atoms with Crippen molar-refractivity contribution in [2.24, 2.45) is 0 Å². The molecule has 0 N–H and O–H groups in total. The maximum atomic E-state index is 4.76. The minimum absolute atomic E-state index is 0.930. The Balaban J connectivity index is 1.53. The van der Waals surface area contributed by atoms with E-state index in [1.807, 2.05) is 12.3 Å². The van der Waals surface area contributed by atoms with Crippen LogP contribution in [-0.2, 0) is 0 Å². The maximum absolute atomic E-state index is 4.76. The zero-order valence-electron chi connectivity index (χ0n) is 20.5. The van der Waals surface area contributed by atoms with Crippen LogP contribution in [0.2, 0.25) is 0 Å². The lowest BCUT2D eigenvalue weighted by Crippen LogP contribution is -1.97. The van der Waals surface area contributed by atoms with Crippen molar-refractivity contribution in [3.63, 3.8) is 0 Å². The molecule has 0 aliphatic heterocycles. The molecule has 0 amide bonds. The molecule has 3 heterocycles. The average molecular weight is 484 g/mol. The molecule has 0 bridgehead atoms. The van der Waals surface area contributed by atoms with E-state index in [1.165, 1.54) is 70.8 Å². The minimum Gasteiger partial charge on any atom is -0.309 e. The molecule has 9 aromatic rings. The molecule has 0 radical (unpaired) electrons. The van der Waals surface area contributed by atoms with E-state index in [2.05, 4.69) is 124 Å². The monoisotopic (exact) mass is 483 g/mol. The number of nitrogens with zero attached hydrogens (tertiary/aromatic N) is 3. The second-order valence-electron chi connectivity index (χ2n) is 10.1. The first-order valence-corrected chi connectivity index (χ1v) is 13.0. The number of fused-ring (bicyclic) bond motifs is 5. The second kappa shape index (κ2) is 7.21. The number of rotatable bonds is 2. The summed E-state index contributed by atoms with van der Waals surface area (Å²) in [4.78, 5) is 4.76. The van der Waals surface area contributed by atoms with E-state index in [0.717, 1.165) is 5.82 Å². The van der Waals surface area contributed by atoms with Crippen molar-refractivity contribution >= 4 is 65.2 Å². The second-order valence-corrected chi connectivity index (χ2v) is 10.1. The molecule has 176 valence electrons. The van der Waals surface area contributed by atoms with E-state index >= 15 is 0 Å². The lowest BCUT2D eigenvalue weighted by Gasteiger charge is -2.11. The highest BCUT2D eigenvalue weighted by Crippen LogP contribution is 2.45. The Hall–Kier alpha value is -5.15. The summed E-state index contributed by atoms with van der Waals surface area (Å²) in [6.07, 6.45) is 1.87. The molecule has 0 saturated carbocycles. The Morgan fingerprint density at radius 2 is 1.18 bits per heavy atom. The highest BCUT2D eigenvalue weighted by Gasteiger charge is 2.22. The van der Waals surface area contributed by atoms with Gasteiger partial charge in [0.05, 0.1) is 22.1 Å². The molecule has 3 heteroatoms. The molecule has 0 aliphatic rings. The lowest BCUT2D eigenvalue weighted by atomic mass is 9.98. The summed E-state index contributed by atoms with van der Waals surface area (Å²) >= 11 is 0. The van der Waals surface area contributed by atoms with Gasteiger partial charge in [0.1, 0.15) is 5.82 Å². The first kappa shape index (κ1) is 20.0. The number of hydrogen-bond acceptors (Lipinski definition) is 1. The van der Waals surface area contributed by atoms with Crippen molar-refractivity contribution < 1.29 is 0 Å². The number of aromatic nitrogens is 3. The fourth-order valence-electron chi connectivity index (χ4n) is 6.53. The highest BCUT2D eigenvalue weighted by molar-refractivity contribution is 6.33. The predicted molar refractivity (Wildman–Crippen MR) is 159 cm³/mol. The predicted octanol–water partition coefficient (Wildman–Crippen LogP) is 9.02. The summed E-state index contributed by atoms with van der Waals surface area (Å²) in [5, 5.41) is 10.2. The fraction of sp³-hybridized carbons (Fsp3) is 0. The Morgan fingerprint density at radius 1 is 0.421 bits per heavy atom. The highest BCUT2D eigenvalue weighted by atomic mass is 15.1. The largest absolute Gasteiger partial charge is 0.309 e. The van der Waals surface area contributed by atoms with E-state index in [0.29, 0.717) is 0 Å². The van der Waals surface area contributed by atoms with Crippen molar-refractivity contribution in [1.82, 2.24) is 14.1 Å². The third-order valence-electron chi connectivity index (χ3n) is 8.09. The number of pyridine rings is 1. The van der Waals surface area contributed by atoms with Crippen LogP contribution < -0.4 is 0 Å². The SMILES string of the molecule is c1ccc(-n2c3ccccc3c3c4ccc5cccc6c5c4c(cc32)n6-c2ccc3ccccc3c2)nc1. The molecule has 0 saturated heterocycles. The molecule has 3 aromatic heterocycles. The van der Waals surface area contributed by atoms with Gasteiger partial charge in [0.2, 0.25) is 0 Å². The molecule has 0 aliphatic carbocycles. The van der Waals surface area contributed by atoms with Gasteiger partial charge in [0, 0.05) is 33.4 Å². The van der Waals surface area contributed by atoms with Crippen molar-refractivity contribution in [2.45, 2.75) is 0 Å². The van der Waals surface area contributed by atoms with Crippen LogP contribution in [0, 0.1) is 0 Å². The summed E-state index contributed by atoms with van der Waals surface area (Å²) in [6, 6.07) is 43.8. The van der Waals surface area contributed by atoms with Crippen molar-refractivity contribution in [1.29, 1.82) is 0 Å². The van der Waals surface area contributed by atoms with Crippen LogP contribution in [0.25, 0.3) is 76.7 Å². The molecule has 0 unspecified atom stereocenters. The van der Waals surface area contributed by atoms with Gasteiger partial charge < -0.3 is 4.57 Å². The third-order valence-corrected chi connectivity index (χ3v) is 8.09. The summed E-state index contributed by atoms with van der Waals surface area (Å²) in [5.74, 6) is 0.930. The van der Waals surface area contributed by atoms with E-state index in [-0.39, 0.29) is 0 Å². The first-order valence-electron chi connectivity index (χ1n) is 13.0. The average Bonchev–Trinajstić information content (AvgIpc) is 3.49. The Labute approximate surface area is 218 Å². The third kappa shape index (κ3) is 2.50. The van der Waals surface area contributed by atoms with Crippen molar-refractivity contribution in [2.75, 3.05) is 0 Å². The topological polar surface area (TPSA) is 22.8 Å². The molecule has 6 aromatic carbocycles. The smallest absolute Gasteiger partial charge is 0.137 e. The normalized spacial score (nSPS) is 12.2. The molecule has 3 nitrogen and oxygen atoms in total. The summed E-state index contributed by atoms with van der Waals surface area (Å²) in [7, 11) is 0. The van der Waals surface area contributed by atoms with Gasteiger partial charge in [-0.1, -0.05) is 78.9 Å². The van der Waals surface area contributed by atoms with Gasteiger partial charge in [-0.25, -0.2) is 4.98 Å². The van der Waals surface area contributed by atoms with Gasteiger partial charge in [-0.2, -0.15) is 0 Å². The first-order chi connectivity index (χ1) is 18.9. The molecule has 9 rings (SSSR count). The Bertz CT molecular complexity index is 2340. The van der Waals surface area contributed by atoms with Gasteiger partial charge in [-0.3, -0.25) is 4.57 Å². The summed E-state index contributed by atoms with van der Waals surface area (Å²) < 4.78 is 4.75. The number of benzene rings is 6. The van der Waals surface area contributed by atoms with Crippen LogP contribution in [0.15, 0.2) is 128 Å². The van der Waals surface area contributed by atoms with Gasteiger partial charge >= 0.3 is 0 Å². The summed E-state index contributed by atoms with van der Waals surface area (Å²) in [5.41, 5.74) is 5.97. The Morgan fingerprint density at radius 3 is 2.11 bits per heavy atom. The molecule has 0 spiro atoms. The lowest BCUT2D eigenvalue weighted by molar-refractivity contribution is 1.08. The minimum atomic E-state index is 0.930. The van der Waals surface area contributed by atoms with E-state index in [9.17, 15) is 0 Å². The van der Waals surface area contributed by atoms with E-state index in [4.69, 9.17) is 4.98 Å². The standard InChI is InChI=1S/C35H21N3/c1-2-9-24-20-25(17-15-22(24)8-1)37-29-13-7-10-23-16-18-27-34-26-11-3-4-12-28(26)38(32-14-5-6-19-36-32)30(34)21-31(37)35(27)33(23)29/h1-21H. The maximum Gasteiger partial charge on any atom is 0.137 e. The number of hydrogen-bond donors (Lipinski definition) is 0. The summed E-state index contributed by atoms with van der Waals surface area (Å²) in [6.45, 7) is 0. The molecule has 38 heavy (non-hydrogen) atoms. The quantitative estimate of drug-likeness (QED) is 0.225. The van der Waals surface area contributed by atoms with E-state index in [1.54, 1.807) is 0 Å². The zero-order chi connectivity index (χ0) is 24.8. The molecule has 0 fully saturated rings. The van der Waals surface area contributed by atoms with Crippen LogP contribution in [0.1, 0.15) is 0 Å². The van der Waals surface area contributed by atoms with Gasteiger partial charge in [0.15, 0.2) is 0 Å². The van der Waals surface area contributed by atoms with Crippen LogP contribution in [-0.4, -0.2) is 14.1 Å². The van der Waals surface area contributed by atoms with Crippen molar-refractivity contribution in [3.8, 4) is 11.5 Å². The molecular formula is C35H21N3. The van der Waals surface area contributed by atoms with E-state index < -0.39 is 0 Å². The van der Waals surface area contributed by atoms with Gasteiger partial charge in [-0.15, -0.1) is 0 Å². The van der Waals surface area contributed by atoms with Crippen LogP contribution in [0.5, 0.6) is 0 Å². The fourth-order valence-corrected chi connectivity index (χ4v) is 6.53. The van der Waals surface area contributed by atoms with Crippen LogP contribution in [0.3, 0.4) is 0 Å². The Kier molecular flexibility index (Phi) is 3.79. The molecule has 0 atom stereocenters. The number of para-hydroxylation sites is 1. The van der Waals surface area contributed by atoms with Crippen molar-refractivity contribution in [3.05, 3.63) is 128 Å². The van der Waals surface area contributed by atoms with Gasteiger partial charge in [0.25, 0.3) is 0 Å². The zero-order valence-corrected chi connectivity index (χ0v) is 20.5.